The summed E-state index contributed by atoms with van der Waals surface area (Å²) in [5.74, 6) is 0. The van der Waals surface area contributed by atoms with Crippen molar-refractivity contribution in [3.05, 3.63) is 58.1 Å². The first-order valence-electron chi connectivity index (χ1n) is 10.7. The number of hydrogen-bond donors (Lipinski definition) is 0. The van der Waals surface area contributed by atoms with E-state index in [4.69, 9.17) is 37.7 Å². The molecule has 32 heavy (non-hydrogen) atoms. The Kier molecular flexibility index (Phi) is 6.54. The minimum Gasteiger partial charge on any atom is -0.459 e. The molecule has 2 aromatic carbocycles. The van der Waals surface area contributed by atoms with Crippen LogP contribution in [0.3, 0.4) is 0 Å². The zero-order valence-corrected chi connectivity index (χ0v) is 20.0. The molecule has 1 fully saturated rings. The van der Waals surface area contributed by atoms with Crippen molar-refractivity contribution in [2.75, 3.05) is 13.1 Å². The number of halogens is 2. The number of carbonyl (C=O) groups is 1. The third-order valence-electron chi connectivity index (χ3n) is 5.25. The van der Waals surface area contributed by atoms with Gasteiger partial charge in [-0.15, -0.1) is 0 Å². The average Bonchev–Trinajstić information content (AvgIpc) is 3.07. The van der Waals surface area contributed by atoms with Gasteiger partial charge < -0.3 is 14.4 Å². The zero-order valence-electron chi connectivity index (χ0n) is 18.5. The Labute approximate surface area is 198 Å². The highest BCUT2D eigenvalue weighted by atomic mass is 35.5. The molecule has 1 amide bonds. The second kappa shape index (κ2) is 9.20. The van der Waals surface area contributed by atoms with Gasteiger partial charge in [0.1, 0.15) is 11.7 Å². The van der Waals surface area contributed by atoms with Gasteiger partial charge in [0.2, 0.25) is 0 Å². The number of imidazole rings is 1. The van der Waals surface area contributed by atoms with Crippen LogP contribution in [0.2, 0.25) is 10.0 Å². The van der Waals surface area contributed by atoms with Crippen molar-refractivity contribution in [1.29, 1.82) is 0 Å². The van der Waals surface area contributed by atoms with Gasteiger partial charge in [-0.2, -0.15) is 4.98 Å². The molecule has 1 atom stereocenters. The predicted molar refractivity (Wildman–Crippen MR) is 127 cm³/mol. The standard InChI is InChI=1S/C24H27Cl2N3O3/c1-24(2,3)32-23(30)28-12-6-7-17(15-28)31-22-27-20-8-4-5-9-21(20)29(22)14-16-10-11-18(25)19(26)13-16/h4-5,8-11,13,17H,6-7,12,14-15H2,1-3H3/t17-/m1/s1. The van der Waals surface area contributed by atoms with E-state index in [-0.39, 0.29) is 12.2 Å². The summed E-state index contributed by atoms with van der Waals surface area (Å²) < 4.78 is 13.9. The number of amides is 1. The van der Waals surface area contributed by atoms with Crippen LogP contribution in [0.1, 0.15) is 39.2 Å². The van der Waals surface area contributed by atoms with Gasteiger partial charge >= 0.3 is 6.09 Å². The summed E-state index contributed by atoms with van der Waals surface area (Å²) in [5, 5.41) is 1.03. The maximum Gasteiger partial charge on any atom is 0.410 e. The largest absolute Gasteiger partial charge is 0.459 e. The summed E-state index contributed by atoms with van der Waals surface area (Å²) in [7, 11) is 0. The molecular weight excluding hydrogens is 449 g/mol. The average molecular weight is 476 g/mol. The number of fused-ring (bicyclic) bond motifs is 1. The van der Waals surface area contributed by atoms with Crippen LogP contribution in [-0.2, 0) is 11.3 Å². The predicted octanol–water partition coefficient (Wildman–Crippen LogP) is 6.17. The lowest BCUT2D eigenvalue weighted by atomic mass is 10.1. The summed E-state index contributed by atoms with van der Waals surface area (Å²) in [5.41, 5.74) is 2.28. The Balaban J connectivity index is 1.56. The molecule has 1 aliphatic rings. The normalized spacial score (nSPS) is 16.9. The van der Waals surface area contributed by atoms with Gasteiger partial charge in [-0.25, -0.2) is 4.79 Å². The van der Waals surface area contributed by atoms with Gasteiger partial charge in [0, 0.05) is 6.54 Å². The van der Waals surface area contributed by atoms with Crippen molar-refractivity contribution < 1.29 is 14.3 Å². The van der Waals surface area contributed by atoms with E-state index in [9.17, 15) is 4.79 Å². The van der Waals surface area contributed by atoms with E-state index in [2.05, 4.69) is 0 Å². The van der Waals surface area contributed by atoms with E-state index in [0.717, 1.165) is 29.4 Å². The highest BCUT2D eigenvalue weighted by molar-refractivity contribution is 6.42. The Morgan fingerprint density at radius 2 is 1.94 bits per heavy atom. The summed E-state index contributed by atoms with van der Waals surface area (Å²) in [6.45, 7) is 7.27. The van der Waals surface area contributed by atoms with Crippen molar-refractivity contribution in [2.24, 2.45) is 0 Å². The molecule has 4 rings (SSSR count). The van der Waals surface area contributed by atoms with Crippen LogP contribution in [0.4, 0.5) is 4.79 Å². The fraction of sp³-hybridized carbons (Fsp3) is 0.417. The fourth-order valence-corrected chi connectivity index (χ4v) is 4.11. The van der Waals surface area contributed by atoms with Gasteiger partial charge in [-0.1, -0.05) is 41.4 Å². The SMILES string of the molecule is CC(C)(C)OC(=O)N1CCC[C@@H](Oc2nc3ccccc3n2Cc2ccc(Cl)c(Cl)c2)C1. The van der Waals surface area contributed by atoms with Crippen molar-refractivity contribution >= 4 is 40.3 Å². The number of rotatable bonds is 4. The van der Waals surface area contributed by atoms with Crippen molar-refractivity contribution in [2.45, 2.75) is 51.9 Å². The lowest BCUT2D eigenvalue weighted by Crippen LogP contribution is -2.46. The smallest absolute Gasteiger partial charge is 0.410 e. The molecule has 170 valence electrons. The van der Waals surface area contributed by atoms with E-state index in [1.54, 1.807) is 11.0 Å². The highest BCUT2D eigenvalue weighted by Crippen LogP contribution is 2.28. The molecule has 8 heteroatoms. The number of carbonyl (C=O) groups excluding carboxylic acids is 1. The Morgan fingerprint density at radius 1 is 1.16 bits per heavy atom. The summed E-state index contributed by atoms with van der Waals surface area (Å²) in [6, 6.07) is 14.0. The van der Waals surface area contributed by atoms with Crippen LogP contribution in [0.25, 0.3) is 11.0 Å². The third-order valence-corrected chi connectivity index (χ3v) is 5.99. The fourth-order valence-electron chi connectivity index (χ4n) is 3.79. The Hall–Kier alpha value is -2.44. The molecule has 3 aromatic rings. The van der Waals surface area contributed by atoms with E-state index in [0.29, 0.717) is 35.7 Å². The van der Waals surface area contributed by atoms with E-state index >= 15 is 0 Å². The second-order valence-electron chi connectivity index (χ2n) is 9.03. The minimum atomic E-state index is -0.529. The monoisotopic (exact) mass is 475 g/mol. The first-order valence-corrected chi connectivity index (χ1v) is 11.5. The number of aromatic nitrogens is 2. The number of nitrogens with zero attached hydrogens (tertiary/aromatic N) is 3. The molecule has 6 nitrogen and oxygen atoms in total. The third kappa shape index (κ3) is 5.30. The lowest BCUT2D eigenvalue weighted by molar-refractivity contribution is 0.00626. The van der Waals surface area contributed by atoms with Gasteiger partial charge in [0.15, 0.2) is 0 Å². The maximum absolute atomic E-state index is 12.5. The van der Waals surface area contributed by atoms with Gasteiger partial charge in [0.25, 0.3) is 6.01 Å². The molecule has 1 saturated heterocycles. The minimum absolute atomic E-state index is 0.166. The van der Waals surface area contributed by atoms with Crippen LogP contribution < -0.4 is 4.74 Å². The first kappa shape index (κ1) is 22.7. The molecule has 0 radical (unpaired) electrons. The Bertz CT molecular complexity index is 1120. The molecule has 2 heterocycles. The number of hydrogen-bond acceptors (Lipinski definition) is 4. The Morgan fingerprint density at radius 3 is 2.69 bits per heavy atom. The summed E-state index contributed by atoms with van der Waals surface area (Å²) >= 11 is 12.3. The lowest BCUT2D eigenvalue weighted by Gasteiger charge is -2.34. The molecule has 0 saturated carbocycles. The van der Waals surface area contributed by atoms with Crippen LogP contribution >= 0.6 is 23.2 Å². The van der Waals surface area contributed by atoms with Gasteiger partial charge in [-0.3, -0.25) is 4.57 Å². The van der Waals surface area contributed by atoms with E-state index in [1.807, 2.05) is 61.7 Å². The van der Waals surface area contributed by atoms with Crippen LogP contribution in [0.5, 0.6) is 6.01 Å². The summed E-state index contributed by atoms with van der Waals surface area (Å²) in [6.07, 6.45) is 1.21. The topological polar surface area (TPSA) is 56.6 Å². The van der Waals surface area contributed by atoms with Gasteiger partial charge in [-0.05, 0) is 63.4 Å². The maximum atomic E-state index is 12.5. The zero-order chi connectivity index (χ0) is 22.9. The van der Waals surface area contributed by atoms with E-state index in [1.165, 1.54) is 0 Å². The van der Waals surface area contributed by atoms with Crippen molar-refractivity contribution in [1.82, 2.24) is 14.5 Å². The molecule has 1 aromatic heterocycles. The number of piperidine rings is 1. The van der Waals surface area contributed by atoms with Crippen molar-refractivity contribution in [3.8, 4) is 6.01 Å². The quantitative estimate of drug-likeness (QED) is 0.452. The van der Waals surface area contributed by atoms with Crippen LogP contribution in [0, 0.1) is 0 Å². The summed E-state index contributed by atoms with van der Waals surface area (Å²) in [4.78, 5) is 19.0. The van der Waals surface area contributed by atoms with Gasteiger partial charge in [0.05, 0.1) is 34.2 Å². The molecule has 0 spiro atoms. The number of para-hydroxylation sites is 2. The molecule has 0 bridgehead atoms. The highest BCUT2D eigenvalue weighted by Gasteiger charge is 2.29. The molecule has 1 aliphatic heterocycles. The second-order valence-corrected chi connectivity index (χ2v) is 9.84. The number of likely N-dealkylation sites (tertiary alicyclic amines) is 1. The first-order chi connectivity index (χ1) is 15.2. The molecule has 0 aliphatic carbocycles. The van der Waals surface area contributed by atoms with E-state index < -0.39 is 5.60 Å². The van der Waals surface area contributed by atoms with Crippen LogP contribution in [-0.4, -0.2) is 45.3 Å². The number of benzene rings is 2. The molecule has 0 unspecified atom stereocenters. The number of ether oxygens (including phenoxy) is 2. The van der Waals surface area contributed by atoms with Crippen molar-refractivity contribution in [3.63, 3.8) is 0 Å². The molecular formula is C24H27Cl2N3O3. The van der Waals surface area contributed by atoms with Crippen LogP contribution in [0.15, 0.2) is 42.5 Å². The molecule has 0 N–H and O–H groups in total.